The summed E-state index contributed by atoms with van der Waals surface area (Å²) in [4.78, 5) is 38.2. The number of hydrogen-bond donors (Lipinski definition) is 4. The summed E-state index contributed by atoms with van der Waals surface area (Å²) in [5.41, 5.74) is 6.03. The molecule has 2 rings (SSSR count). The molecule has 1 aromatic carbocycles. The third-order valence-corrected chi connectivity index (χ3v) is 6.47. The van der Waals surface area contributed by atoms with E-state index in [1.165, 1.54) is 16.7 Å². The topological polar surface area (TPSA) is 133 Å². The molecule has 0 fully saturated rings. The molecule has 0 aliphatic carbocycles. The Labute approximate surface area is 187 Å². The maximum atomic E-state index is 13.1. The monoisotopic (exact) mass is 451 g/mol. The number of rotatable bonds is 14. The zero-order valence-corrected chi connectivity index (χ0v) is 18.6. The fraction of sp³-hybridized carbons (Fsp3) is 0.591. The molecule has 0 radical (unpaired) electrons. The Kier molecular flexibility index (Phi) is 10.8. The summed E-state index contributed by atoms with van der Waals surface area (Å²) in [6.45, 7) is 0.260. The molecule has 9 heteroatoms. The number of thioether (sulfide) groups is 1. The molecule has 1 unspecified atom stereocenters. The molecular weight excluding hydrogens is 418 g/mol. The van der Waals surface area contributed by atoms with E-state index in [9.17, 15) is 24.6 Å². The minimum atomic E-state index is -1.12. The van der Waals surface area contributed by atoms with Crippen molar-refractivity contribution in [2.45, 2.75) is 68.3 Å². The van der Waals surface area contributed by atoms with Gasteiger partial charge in [-0.15, -0.1) is 11.8 Å². The second-order valence-electron chi connectivity index (χ2n) is 7.76. The summed E-state index contributed by atoms with van der Waals surface area (Å²) in [7, 11) is 0. The fourth-order valence-corrected chi connectivity index (χ4v) is 4.75. The van der Waals surface area contributed by atoms with Gasteiger partial charge in [-0.3, -0.25) is 24.6 Å². The number of benzene rings is 1. The lowest BCUT2D eigenvalue weighted by atomic mass is 10.0. The van der Waals surface area contributed by atoms with Crippen LogP contribution in [0.3, 0.4) is 0 Å². The number of unbranched alkanes of at least 4 members (excludes halogenated alkanes) is 6. The summed E-state index contributed by atoms with van der Waals surface area (Å²) in [5.74, 6) is -2.18. The molecule has 1 aromatic rings. The predicted octanol–water partition coefficient (Wildman–Crippen LogP) is 2.70. The molecule has 1 amide bonds. The lowest BCUT2D eigenvalue weighted by Crippen LogP contribution is -2.53. The standard InChI is InChI=1S/C22H33N3O5S/c23-13-9-5-3-1-2-4-6-10-16(22(29)30)24-17-15-31-19-12-8-7-11-18(19)25(21(17)28)14-20(26)27/h7-8,11-12,16-17,24H,1-6,9-10,13-15,23H2,(H,26,27)(H,29,30)/t16-,17?/m1/s1. The van der Waals surface area contributed by atoms with Gasteiger partial charge >= 0.3 is 11.9 Å². The van der Waals surface area contributed by atoms with Gasteiger partial charge in [0.05, 0.1) is 11.7 Å². The van der Waals surface area contributed by atoms with Gasteiger partial charge in [-0.2, -0.15) is 0 Å². The molecular formula is C22H33N3O5S. The summed E-state index contributed by atoms with van der Waals surface area (Å²) < 4.78 is 0. The van der Waals surface area contributed by atoms with Gasteiger partial charge in [0.1, 0.15) is 12.6 Å². The molecule has 0 bridgehead atoms. The molecule has 8 nitrogen and oxygen atoms in total. The van der Waals surface area contributed by atoms with Crippen LogP contribution in [0.2, 0.25) is 0 Å². The number of fused-ring (bicyclic) bond motifs is 1. The van der Waals surface area contributed by atoms with Crippen molar-refractivity contribution in [3.05, 3.63) is 24.3 Å². The average Bonchev–Trinajstić information content (AvgIpc) is 2.86. The molecule has 0 saturated heterocycles. The Morgan fingerprint density at radius 3 is 2.39 bits per heavy atom. The largest absolute Gasteiger partial charge is 0.480 e. The molecule has 31 heavy (non-hydrogen) atoms. The Morgan fingerprint density at radius 1 is 1.10 bits per heavy atom. The first-order valence-corrected chi connectivity index (χ1v) is 11.9. The van der Waals surface area contributed by atoms with Crippen LogP contribution in [-0.4, -0.2) is 59.0 Å². The van der Waals surface area contributed by atoms with Crippen LogP contribution in [0.15, 0.2) is 29.2 Å². The Bertz CT molecular complexity index is 746. The highest BCUT2D eigenvalue weighted by atomic mass is 32.2. The minimum Gasteiger partial charge on any atom is -0.480 e. The number of nitrogens with two attached hydrogens (primary N) is 1. The van der Waals surface area contributed by atoms with Gasteiger partial charge in [0.15, 0.2) is 0 Å². The molecule has 1 aliphatic rings. The van der Waals surface area contributed by atoms with E-state index in [0.717, 1.165) is 56.4 Å². The third kappa shape index (κ3) is 8.16. The molecule has 0 saturated carbocycles. The number of anilines is 1. The van der Waals surface area contributed by atoms with Crippen LogP contribution in [0.25, 0.3) is 0 Å². The number of carboxylic acids is 2. The number of para-hydroxylation sites is 1. The van der Waals surface area contributed by atoms with Gasteiger partial charge in [0.2, 0.25) is 5.91 Å². The molecule has 5 N–H and O–H groups in total. The quantitative estimate of drug-likeness (QED) is 0.317. The van der Waals surface area contributed by atoms with Crippen LogP contribution in [-0.2, 0) is 14.4 Å². The van der Waals surface area contributed by atoms with E-state index in [4.69, 9.17) is 5.73 Å². The van der Waals surface area contributed by atoms with Gasteiger partial charge < -0.3 is 15.9 Å². The summed E-state index contributed by atoms with van der Waals surface area (Å²) in [5, 5.41) is 21.9. The molecule has 1 heterocycles. The Morgan fingerprint density at radius 2 is 1.74 bits per heavy atom. The van der Waals surface area contributed by atoms with Crippen LogP contribution in [0.4, 0.5) is 5.69 Å². The predicted molar refractivity (Wildman–Crippen MR) is 121 cm³/mol. The van der Waals surface area contributed by atoms with Crippen LogP contribution in [0.1, 0.15) is 51.4 Å². The second kappa shape index (κ2) is 13.3. The van der Waals surface area contributed by atoms with Crippen molar-refractivity contribution in [3.8, 4) is 0 Å². The number of carbonyl (C=O) groups excluding carboxylic acids is 1. The van der Waals surface area contributed by atoms with E-state index in [-0.39, 0.29) is 0 Å². The lowest BCUT2D eigenvalue weighted by Gasteiger charge is -2.26. The highest BCUT2D eigenvalue weighted by Gasteiger charge is 2.34. The average molecular weight is 452 g/mol. The zero-order valence-electron chi connectivity index (χ0n) is 17.8. The van der Waals surface area contributed by atoms with E-state index in [1.807, 2.05) is 12.1 Å². The first-order chi connectivity index (χ1) is 14.9. The third-order valence-electron chi connectivity index (χ3n) is 5.32. The number of hydrogen-bond acceptors (Lipinski definition) is 6. The lowest BCUT2D eigenvalue weighted by molar-refractivity contribution is -0.140. The van der Waals surface area contributed by atoms with Gasteiger partial charge in [-0.1, -0.05) is 50.7 Å². The maximum absolute atomic E-state index is 13.1. The normalized spacial score (nSPS) is 17.1. The molecule has 172 valence electrons. The van der Waals surface area contributed by atoms with Crippen molar-refractivity contribution >= 4 is 35.3 Å². The number of nitrogens with zero attached hydrogens (tertiary/aromatic N) is 1. The Balaban J connectivity index is 1.94. The zero-order chi connectivity index (χ0) is 22.6. The molecule has 2 atom stereocenters. The van der Waals surface area contributed by atoms with E-state index in [1.54, 1.807) is 12.1 Å². The maximum Gasteiger partial charge on any atom is 0.323 e. The van der Waals surface area contributed by atoms with Crippen molar-refractivity contribution in [3.63, 3.8) is 0 Å². The molecule has 1 aliphatic heterocycles. The minimum absolute atomic E-state index is 0.344. The van der Waals surface area contributed by atoms with Gasteiger partial charge in [-0.25, -0.2) is 0 Å². The van der Waals surface area contributed by atoms with Crippen molar-refractivity contribution in [1.29, 1.82) is 0 Å². The highest BCUT2D eigenvalue weighted by molar-refractivity contribution is 7.99. The van der Waals surface area contributed by atoms with Crippen LogP contribution in [0, 0.1) is 0 Å². The Hall–Kier alpha value is -2.10. The van der Waals surface area contributed by atoms with Crippen LogP contribution in [0.5, 0.6) is 0 Å². The molecule has 0 aromatic heterocycles. The number of nitrogens with one attached hydrogen (secondary N) is 1. The van der Waals surface area contributed by atoms with Crippen LogP contribution < -0.4 is 16.0 Å². The highest BCUT2D eigenvalue weighted by Crippen LogP contribution is 2.34. The first kappa shape index (κ1) is 25.2. The SMILES string of the molecule is NCCCCCCCCC[C@@H](NC1CSc2ccccc2N(CC(=O)O)C1=O)C(=O)O. The van der Waals surface area contributed by atoms with Crippen molar-refractivity contribution < 1.29 is 24.6 Å². The van der Waals surface area contributed by atoms with Gasteiger partial charge in [0.25, 0.3) is 0 Å². The smallest absolute Gasteiger partial charge is 0.323 e. The van der Waals surface area contributed by atoms with Crippen molar-refractivity contribution in [1.82, 2.24) is 5.32 Å². The van der Waals surface area contributed by atoms with Crippen LogP contribution >= 0.6 is 11.8 Å². The van der Waals surface area contributed by atoms with E-state index >= 15 is 0 Å². The summed E-state index contributed by atoms with van der Waals surface area (Å²) in [6.07, 6.45) is 7.62. The van der Waals surface area contributed by atoms with Crippen molar-refractivity contribution in [2.75, 3.05) is 23.7 Å². The first-order valence-electron chi connectivity index (χ1n) is 10.9. The van der Waals surface area contributed by atoms with Crippen molar-refractivity contribution in [2.24, 2.45) is 5.73 Å². The summed E-state index contributed by atoms with van der Waals surface area (Å²) >= 11 is 1.43. The van der Waals surface area contributed by atoms with E-state index < -0.39 is 36.5 Å². The number of amides is 1. The fourth-order valence-electron chi connectivity index (χ4n) is 3.67. The number of aliphatic carboxylic acids is 2. The summed E-state index contributed by atoms with van der Waals surface area (Å²) in [6, 6.07) is 5.53. The van der Waals surface area contributed by atoms with Gasteiger partial charge in [-0.05, 0) is 31.5 Å². The number of carboxylic acid groups (broad SMARTS) is 2. The van der Waals surface area contributed by atoms with Gasteiger partial charge in [0, 0.05) is 10.6 Å². The van der Waals surface area contributed by atoms with E-state index in [2.05, 4.69) is 5.32 Å². The second-order valence-corrected chi connectivity index (χ2v) is 8.82. The molecule has 0 spiro atoms. The van der Waals surface area contributed by atoms with E-state index in [0.29, 0.717) is 17.9 Å². The number of carbonyl (C=O) groups is 3.